The molecule has 0 aliphatic carbocycles. The van der Waals surface area contributed by atoms with Crippen molar-refractivity contribution in [2.45, 2.75) is 272 Å². The first kappa shape index (κ1) is 75.8. The van der Waals surface area contributed by atoms with E-state index in [9.17, 15) is 29.4 Å². The molecule has 0 saturated carbocycles. The fourth-order valence-corrected chi connectivity index (χ4v) is 8.20. The number of carbonyl (C=O) groups is 4. The third-order valence-corrected chi connectivity index (χ3v) is 12.7. The minimum absolute atomic E-state index is 0. The second-order valence-electron chi connectivity index (χ2n) is 19.6. The molecule has 2 aromatic carbocycles. The number of ether oxygens (including phenoxy) is 2. The van der Waals surface area contributed by atoms with Crippen molar-refractivity contribution in [2.75, 3.05) is 13.2 Å². The third-order valence-electron chi connectivity index (χ3n) is 12.7. The second-order valence-corrected chi connectivity index (χ2v) is 19.6. The zero-order chi connectivity index (χ0) is 54.8. The predicted molar refractivity (Wildman–Crippen MR) is 315 cm³/mol. The van der Waals surface area contributed by atoms with Crippen molar-refractivity contribution in [2.24, 2.45) is 0 Å². The summed E-state index contributed by atoms with van der Waals surface area (Å²) in [4.78, 5) is 46.1. The van der Waals surface area contributed by atoms with Gasteiger partial charge in [-0.3, -0.25) is 0 Å². The number of carboxylic acids is 2. The van der Waals surface area contributed by atoms with Gasteiger partial charge in [0.1, 0.15) is 0 Å². The van der Waals surface area contributed by atoms with Crippen molar-refractivity contribution in [1.29, 1.82) is 0 Å². The normalized spacial score (nSPS) is 10.6. The molecule has 0 spiro atoms. The summed E-state index contributed by atoms with van der Waals surface area (Å²) >= 11 is 0. The third kappa shape index (κ3) is 51.1. The van der Waals surface area contributed by atoms with Gasteiger partial charge in [-0.05, 0) is 63.5 Å². The Morgan fingerprint density at radius 2 is 0.627 bits per heavy atom. The molecule has 9 heteroatoms. The van der Waals surface area contributed by atoms with E-state index in [0.717, 1.165) is 64.2 Å². The van der Waals surface area contributed by atoms with Crippen LogP contribution in [0.15, 0.2) is 72.8 Å². The number of unbranched alkanes of at least 4 members (excludes halogenated alkanes) is 32. The van der Waals surface area contributed by atoms with Crippen LogP contribution in [0.2, 0.25) is 0 Å². The van der Waals surface area contributed by atoms with Crippen LogP contribution >= 0.6 is 0 Å². The number of aromatic carboxylic acids is 2. The van der Waals surface area contributed by atoms with Crippen LogP contribution in [-0.4, -0.2) is 61.0 Å². The average molecular weight is 1150 g/mol. The molecule has 8 nitrogen and oxygen atoms in total. The monoisotopic (exact) mass is 1150 g/mol. The summed E-state index contributed by atoms with van der Waals surface area (Å²) in [6.07, 6.45) is 56.8. The summed E-state index contributed by atoms with van der Waals surface area (Å²) < 4.78 is 10.4. The zero-order valence-corrected chi connectivity index (χ0v) is 51.2. The summed E-state index contributed by atoms with van der Waals surface area (Å²) in [5.74, 6) is -3.90. The number of hydrogen-bond donors (Lipinski definition) is 0. The first-order chi connectivity index (χ1) is 36.2. The molecule has 0 N–H and O–H groups in total. The largest absolute Gasteiger partial charge is 2.00 e. The Morgan fingerprint density at radius 3 is 0.893 bits per heavy atom. The van der Waals surface area contributed by atoms with Gasteiger partial charge in [0.2, 0.25) is 0 Å². The number of allylic oxidation sites excluding steroid dienone is 4. The Hall–Kier alpha value is -3.40. The van der Waals surface area contributed by atoms with E-state index in [4.69, 9.17) is 9.47 Å². The molecule has 2 aromatic rings. The number of hydrogen-bond acceptors (Lipinski definition) is 8. The van der Waals surface area contributed by atoms with Gasteiger partial charge in [0, 0.05) is 11.1 Å². The Balaban J connectivity index is -0.00000106. The molecule has 0 atom stereocenters. The van der Waals surface area contributed by atoms with Crippen LogP contribution in [0.4, 0.5) is 0 Å². The first-order valence-corrected chi connectivity index (χ1v) is 30.0. The van der Waals surface area contributed by atoms with Gasteiger partial charge in [0.05, 0.1) is 36.3 Å². The Kier molecular flexibility index (Phi) is 62.1. The minimum Gasteiger partial charge on any atom is -0.545 e. The minimum atomic E-state index is -1.36. The van der Waals surface area contributed by atoms with Gasteiger partial charge in [-0.25, -0.2) is 9.59 Å². The van der Waals surface area contributed by atoms with E-state index in [0.29, 0.717) is 13.2 Å². The molecule has 0 amide bonds. The van der Waals surface area contributed by atoms with Crippen LogP contribution in [0.1, 0.15) is 313 Å². The maximum absolute atomic E-state index is 12.0. The van der Waals surface area contributed by atoms with Crippen LogP contribution in [0, 0.1) is 13.8 Å². The smallest absolute Gasteiger partial charge is 0.545 e. The van der Waals surface area contributed by atoms with E-state index in [1.54, 1.807) is 24.3 Å². The fourth-order valence-electron chi connectivity index (χ4n) is 8.20. The predicted octanol–water partition coefficient (Wildman–Crippen LogP) is 17.7. The van der Waals surface area contributed by atoms with E-state index < -0.39 is 23.9 Å². The van der Waals surface area contributed by atoms with Crippen molar-refractivity contribution in [3.8, 4) is 0 Å². The number of benzene rings is 2. The molecule has 0 bridgehead atoms. The molecular formula is C66H108O8Sn. The summed E-state index contributed by atoms with van der Waals surface area (Å²) in [6, 6.07) is 12.0. The summed E-state index contributed by atoms with van der Waals surface area (Å²) in [6.45, 7) is 17.0. The molecule has 4 radical (unpaired) electrons. The molecular weight excluding hydrogens is 1040 g/mol. The quantitative estimate of drug-likeness (QED) is 0.0277. The first-order valence-electron chi connectivity index (χ1n) is 30.0. The Morgan fingerprint density at radius 1 is 0.373 bits per heavy atom. The van der Waals surface area contributed by atoms with Crippen molar-refractivity contribution < 1.29 is 38.9 Å². The van der Waals surface area contributed by atoms with Gasteiger partial charge in [-0.2, -0.15) is 0 Å². The van der Waals surface area contributed by atoms with Gasteiger partial charge in [0.15, 0.2) is 0 Å². The fraction of sp³-hybridized carbons (Fsp3) is 0.667. The van der Waals surface area contributed by atoms with E-state index in [-0.39, 0.29) is 46.2 Å². The molecule has 0 aliphatic heterocycles. The van der Waals surface area contributed by atoms with E-state index in [1.807, 2.05) is 0 Å². The number of carboxylic acid groups (broad SMARTS) is 2. The van der Waals surface area contributed by atoms with Crippen molar-refractivity contribution >= 4 is 47.8 Å². The maximum Gasteiger partial charge on any atom is 2.00 e. The summed E-state index contributed by atoms with van der Waals surface area (Å²) in [5, 5.41) is 22.1. The number of esters is 2. The van der Waals surface area contributed by atoms with Crippen molar-refractivity contribution in [3.63, 3.8) is 0 Å². The van der Waals surface area contributed by atoms with Crippen LogP contribution in [0.25, 0.3) is 0 Å². The number of rotatable bonds is 44. The summed E-state index contributed by atoms with van der Waals surface area (Å²) in [5.41, 5.74) is -0.119. The van der Waals surface area contributed by atoms with Gasteiger partial charge < -0.3 is 29.3 Å². The maximum atomic E-state index is 12.0. The molecule has 0 fully saturated rings. The van der Waals surface area contributed by atoms with Crippen molar-refractivity contribution in [1.82, 2.24) is 0 Å². The van der Waals surface area contributed by atoms with Gasteiger partial charge in [-0.15, -0.1) is 0 Å². The topological polar surface area (TPSA) is 133 Å². The van der Waals surface area contributed by atoms with E-state index in [1.165, 1.54) is 204 Å². The van der Waals surface area contributed by atoms with Crippen LogP contribution in [0.5, 0.6) is 0 Å². The van der Waals surface area contributed by atoms with E-state index >= 15 is 0 Å². The molecule has 0 heterocycles. The SMILES string of the molecule is CC/C=C/CCCCCCCCCCCCCOC(=O)c1ccccc1C(=O)[O-].CC/C=C/CCCCCCCCCCCCCOC(=O)c1ccccc1C(=O)[O-].[CH2]CCCCCCC.[CH2]CCCCCCC.[Sn+2]. The van der Waals surface area contributed by atoms with Crippen molar-refractivity contribution in [3.05, 3.63) is 109 Å². The summed E-state index contributed by atoms with van der Waals surface area (Å²) in [7, 11) is 0. The zero-order valence-electron chi connectivity index (χ0n) is 48.4. The van der Waals surface area contributed by atoms with Crippen LogP contribution < -0.4 is 10.2 Å². The molecule has 75 heavy (non-hydrogen) atoms. The number of carbonyl (C=O) groups excluding carboxylic acids is 4. The molecule has 0 saturated heterocycles. The van der Waals surface area contributed by atoms with E-state index in [2.05, 4.69) is 65.8 Å². The standard InChI is InChI=1S/2C25H38O4.2C8H17.Sn/c2*1-2-3-4-5-6-7-8-9-10-11-12-13-14-15-18-21-29-25(28)23-20-17-16-19-22(23)24(26)27;2*1-3-5-7-8-6-4-2;/h2*3-4,16-17,19-20H,2,5-15,18,21H2,1H3,(H,26,27);2*1,3-8H2,2H3;/q;;;;+2/p-2/b2*4-3+;;;. The van der Waals surface area contributed by atoms with Crippen LogP contribution in [0.3, 0.4) is 0 Å². The molecule has 2 rings (SSSR count). The Labute approximate surface area is 477 Å². The second kappa shape index (κ2) is 61.5. The molecule has 0 unspecified atom stereocenters. The van der Waals surface area contributed by atoms with Gasteiger partial charge in [-0.1, -0.05) is 295 Å². The molecule has 0 aliphatic rings. The van der Waals surface area contributed by atoms with Crippen LogP contribution in [-0.2, 0) is 9.47 Å². The average Bonchev–Trinajstić information content (AvgIpc) is 3.41. The van der Waals surface area contributed by atoms with Gasteiger partial charge in [0.25, 0.3) is 0 Å². The van der Waals surface area contributed by atoms with Gasteiger partial charge >= 0.3 is 35.8 Å². The molecule has 424 valence electrons. The molecule has 0 aromatic heterocycles. The Bertz CT molecular complexity index is 1510.